The van der Waals surface area contributed by atoms with E-state index >= 15 is 0 Å². The molecule has 1 atom stereocenters. The Kier molecular flexibility index (Phi) is 2.63. The number of aliphatic carboxylic acids is 2. The third-order valence-corrected chi connectivity index (χ3v) is 3.48. The molecule has 0 amide bonds. The second-order valence-electron chi connectivity index (χ2n) is 4.72. The largest absolute Gasteiger partial charge is 0.480 e. The zero-order chi connectivity index (χ0) is 11.9. The standard InChI is InChI=1S/C11H16O4/c1-7-5-4-6-10(2,3)11(7,8(12)13)9(14)15/h4-5,7H,6H2,1-3H3,(H,12,13)(H,14,15). The molecule has 0 aromatic carbocycles. The van der Waals surface area contributed by atoms with Crippen LogP contribution < -0.4 is 0 Å². The third-order valence-electron chi connectivity index (χ3n) is 3.48. The van der Waals surface area contributed by atoms with E-state index in [0.717, 1.165) is 0 Å². The summed E-state index contributed by atoms with van der Waals surface area (Å²) in [4.78, 5) is 22.7. The van der Waals surface area contributed by atoms with E-state index in [-0.39, 0.29) is 0 Å². The lowest BCUT2D eigenvalue weighted by molar-refractivity contribution is -0.179. The predicted octanol–water partition coefficient (Wildman–Crippen LogP) is 1.76. The van der Waals surface area contributed by atoms with E-state index in [4.69, 9.17) is 0 Å². The molecule has 0 heterocycles. The summed E-state index contributed by atoms with van der Waals surface area (Å²) in [5.41, 5.74) is -2.50. The Morgan fingerprint density at radius 1 is 1.27 bits per heavy atom. The molecule has 0 aromatic rings. The van der Waals surface area contributed by atoms with E-state index in [1.54, 1.807) is 26.8 Å². The lowest BCUT2D eigenvalue weighted by Crippen LogP contribution is -2.55. The van der Waals surface area contributed by atoms with Gasteiger partial charge in [-0.15, -0.1) is 0 Å². The second kappa shape index (κ2) is 3.36. The van der Waals surface area contributed by atoms with Crippen LogP contribution in [0.1, 0.15) is 27.2 Å². The van der Waals surface area contributed by atoms with Crippen molar-refractivity contribution >= 4 is 11.9 Å². The first-order valence-corrected chi connectivity index (χ1v) is 4.90. The molecule has 0 fully saturated rings. The summed E-state index contributed by atoms with van der Waals surface area (Å²) >= 11 is 0. The minimum absolute atomic E-state index is 0.468. The zero-order valence-electron chi connectivity index (χ0n) is 9.15. The fraction of sp³-hybridized carbons (Fsp3) is 0.636. The molecule has 1 rings (SSSR count). The smallest absolute Gasteiger partial charge is 0.322 e. The predicted molar refractivity (Wildman–Crippen MR) is 54.4 cm³/mol. The molecule has 1 unspecified atom stereocenters. The summed E-state index contributed by atoms with van der Waals surface area (Å²) in [6.45, 7) is 5.02. The Labute approximate surface area is 88.6 Å². The molecule has 4 nitrogen and oxygen atoms in total. The fourth-order valence-electron chi connectivity index (χ4n) is 2.55. The lowest BCUT2D eigenvalue weighted by Gasteiger charge is -2.45. The van der Waals surface area contributed by atoms with Gasteiger partial charge in [0, 0.05) is 5.92 Å². The Hall–Kier alpha value is -1.32. The van der Waals surface area contributed by atoms with E-state index in [2.05, 4.69) is 0 Å². The fourth-order valence-corrected chi connectivity index (χ4v) is 2.55. The van der Waals surface area contributed by atoms with Crippen molar-refractivity contribution < 1.29 is 19.8 Å². The van der Waals surface area contributed by atoms with Gasteiger partial charge in [-0.3, -0.25) is 9.59 Å². The van der Waals surface area contributed by atoms with Gasteiger partial charge in [0.25, 0.3) is 0 Å². The molecule has 0 radical (unpaired) electrons. The van der Waals surface area contributed by atoms with Gasteiger partial charge in [0.15, 0.2) is 5.41 Å². The zero-order valence-corrected chi connectivity index (χ0v) is 9.15. The van der Waals surface area contributed by atoms with E-state index in [0.29, 0.717) is 6.42 Å². The Morgan fingerprint density at radius 3 is 2.00 bits per heavy atom. The average molecular weight is 212 g/mol. The van der Waals surface area contributed by atoms with Gasteiger partial charge >= 0.3 is 11.9 Å². The first kappa shape index (κ1) is 11.8. The van der Waals surface area contributed by atoms with Crippen molar-refractivity contribution in [1.82, 2.24) is 0 Å². The summed E-state index contributed by atoms with van der Waals surface area (Å²) in [6.07, 6.45) is 4.00. The summed E-state index contributed by atoms with van der Waals surface area (Å²) in [6, 6.07) is 0. The van der Waals surface area contributed by atoms with Gasteiger partial charge in [-0.05, 0) is 11.8 Å². The van der Waals surface area contributed by atoms with Gasteiger partial charge in [-0.2, -0.15) is 0 Å². The molecule has 0 aromatic heterocycles. The second-order valence-corrected chi connectivity index (χ2v) is 4.72. The van der Waals surface area contributed by atoms with Gasteiger partial charge in [0.05, 0.1) is 0 Å². The van der Waals surface area contributed by atoms with Gasteiger partial charge in [0.2, 0.25) is 0 Å². The van der Waals surface area contributed by atoms with Crippen LogP contribution in [0.5, 0.6) is 0 Å². The molecule has 0 saturated carbocycles. The SMILES string of the molecule is CC1C=CCC(C)(C)C1(C(=O)O)C(=O)O. The molecule has 0 bridgehead atoms. The first-order chi connectivity index (χ1) is 6.76. The van der Waals surface area contributed by atoms with Crippen LogP contribution in [0.25, 0.3) is 0 Å². The van der Waals surface area contributed by atoms with Crippen molar-refractivity contribution in [2.24, 2.45) is 16.7 Å². The summed E-state index contributed by atoms with van der Waals surface area (Å²) < 4.78 is 0. The minimum Gasteiger partial charge on any atom is -0.480 e. The molecule has 15 heavy (non-hydrogen) atoms. The number of carboxylic acids is 2. The van der Waals surface area contributed by atoms with Crippen molar-refractivity contribution in [2.45, 2.75) is 27.2 Å². The highest BCUT2D eigenvalue weighted by molar-refractivity contribution is 6.00. The van der Waals surface area contributed by atoms with E-state index in [9.17, 15) is 19.8 Å². The van der Waals surface area contributed by atoms with Crippen LogP contribution >= 0.6 is 0 Å². The van der Waals surface area contributed by atoms with Gasteiger partial charge < -0.3 is 10.2 Å². The molecule has 2 N–H and O–H groups in total. The molecule has 0 saturated heterocycles. The van der Waals surface area contributed by atoms with Gasteiger partial charge in [0.1, 0.15) is 0 Å². The van der Waals surface area contributed by atoms with Crippen LogP contribution in [0, 0.1) is 16.7 Å². The van der Waals surface area contributed by atoms with Gasteiger partial charge in [-0.25, -0.2) is 0 Å². The molecular formula is C11H16O4. The molecule has 4 heteroatoms. The molecule has 1 aliphatic rings. The third kappa shape index (κ3) is 1.35. The number of hydrogen-bond acceptors (Lipinski definition) is 2. The summed E-state index contributed by atoms with van der Waals surface area (Å²) in [5.74, 6) is -3.01. The van der Waals surface area contributed by atoms with Crippen LogP contribution in [-0.2, 0) is 9.59 Å². The molecule has 84 valence electrons. The van der Waals surface area contributed by atoms with Crippen molar-refractivity contribution in [3.63, 3.8) is 0 Å². The molecule has 1 aliphatic carbocycles. The summed E-state index contributed by atoms with van der Waals surface area (Å²) in [5, 5.41) is 18.5. The van der Waals surface area contributed by atoms with Crippen LogP contribution in [0.2, 0.25) is 0 Å². The average Bonchev–Trinajstić information content (AvgIpc) is 2.00. The topological polar surface area (TPSA) is 74.6 Å². The number of hydrogen-bond donors (Lipinski definition) is 2. The van der Waals surface area contributed by atoms with Crippen LogP contribution in [-0.4, -0.2) is 22.2 Å². The maximum atomic E-state index is 11.3. The normalized spacial score (nSPS) is 27.3. The van der Waals surface area contributed by atoms with Crippen LogP contribution in [0.15, 0.2) is 12.2 Å². The Bertz CT molecular complexity index is 313. The van der Waals surface area contributed by atoms with Crippen LogP contribution in [0.3, 0.4) is 0 Å². The van der Waals surface area contributed by atoms with E-state index in [1.165, 1.54) is 0 Å². The molecular weight excluding hydrogens is 196 g/mol. The van der Waals surface area contributed by atoms with E-state index < -0.39 is 28.7 Å². The van der Waals surface area contributed by atoms with Gasteiger partial charge in [-0.1, -0.05) is 32.9 Å². The number of allylic oxidation sites excluding steroid dienone is 2. The van der Waals surface area contributed by atoms with Crippen molar-refractivity contribution in [3.05, 3.63) is 12.2 Å². The number of rotatable bonds is 2. The number of carboxylic acid groups (broad SMARTS) is 2. The van der Waals surface area contributed by atoms with Crippen molar-refractivity contribution in [1.29, 1.82) is 0 Å². The lowest BCUT2D eigenvalue weighted by atomic mass is 9.55. The molecule has 0 spiro atoms. The van der Waals surface area contributed by atoms with Crippen molar-refractivity contribution in [2.75, 3.05) is 0 Å². The number of carbonyl (C=O) groups is 2. The first-order valence-electron chi connectivity index (χ1n) is 4.90. The Morgan fingerprint density at radius 2 is 1.73 bits per heavy atom. The maximum absolute atomic E-state index is 11.3. The minimum atomic E-state index is -1.72. The maximum Gasteiger partial charge on any atom is 0.322 e. The highest BCUT2D eigenvalue weighted by Gasteiger charge is 2.61. The Balaban J connectivity index is 3.42. The van der Waals surface area contributed by atoms with Crippen molar-refractivity contribution in [3.8, 4) is 0 Å². The quantitative estimate of drug-likeness (QED) is 0.540. The monoisotopic (exact) mass is 212 g/mol. The molecule has 0 aliphatic heterocycles. The summed E-state index contributed by atoms with van der Waals surface area (Å²) in [7, 11) is 0. The van der Waals surface area contributed by atoms with E-state index in [1.807, 2.05) is 6.08 Å². The highest BCUT2D eigenvalue weighted by Crippen LogP contribution is 2.51. The highest BCUT2D eigenvalue weighted by atomic mass is 16.4. The van der Waals surface area contributed by atoms with Crippen LogP contribution in [0.4, 0.5) is 0 Å².